The zero-order chi connectivity index (χ0) is 13.9. The number of aliphatic carboxylic acids is 1. The molecule has 0 radical (unpaired) electrons. The lowest BCUT2D eigenvalue weighted by atomic mass is 10.0. The molecule has 0 fully saturated rings. The van der Waals surface area contributed by atoms with Gasteiger partial charge in [-0.15, -0.1) is 0 Å². The second-order valence-corrected chi connectivity index (χ2v) is 5.50. The molecule has 1 rings (SSSR count). The van der Waals surface area contributed by atoms with Crippen LogP contribution in [0.3, 0.4) is 0 Å². The lowest BCUT2D eigenvalue weighted by Crippen LogP contribution is -2.13. The van der Waals surface area contributed by atoms with Crippen LogP contribution in [0.1, 0.15) is 18.4 Å². The van der Waals surface area contributed by atoms with Crippen LogP contribution in [0.25, 0.3) is 0 Å². The van der Waals surface area contributed by atoms with Crippen molar-refractivity contribution in [2.24, 2.45) is 0 Å². The molecule has 0 aliphatic heterocycles. The third kappa shape index (κ3) is 3.59. The molecule has 0 saturated heterocycles. The number of nitrogens with one attached hydrogen (secondary N) is 1. The van der Waals surface area contributed by atoms with Gasteiger partial charge >= 0.3 is 5.97 Å². The fourth-order valence-electron chi connectivity index (χ4n) is 1.25. The summed E-state index contributed by atoms with van der Waals surface area (Å²) < 4.78 is 29.4. The summed E-state index contributed by atoms with van der Waals surface area (Å²) in [6.07, 6.45) is 2.29. The Labute approximate surface area is 105 Å². The lowest BCUT2D eigenvalue weighted by Gasteiger charge is -2.12. The fourth-order valence-corrected chi connectivity index (χ4v) is 1.75. The standard InChI is InChI=1S/C10H14N2O5S/c1-6(10(13)14)7-4-8(17-2)9(11-5-7)12-18(3,15)16/h4-6H,1-3H3,(H,11,12)(H,13,14)/t6-/m0/s1. The van der Waals surface area contributed by atoms with Crippen LogP contribution in [-0.2, 0) is 14.8 Å². The van der Waals surface area contributed by atoms with E-state index in [0.29, 0.717) is 5.56 Å². The largest absolute Gasteiger partial charge is 0.493 e. The van der Waals surface area contributed by atoms with Gasteiger partial charge in [0.25, 0.3) is 0 Å². The van der Waals surface area contributed by atoms with E-state index in [2.05, 4.69) is 9.71 Å². The van der Waals surface area contributed by atoms with E-state index < -0.39 is 21.9 Å². The van der Waals surface area contributed by atoms with E-state index in [-0.39, 0.29) is 11.6 Å². The highest BCUT2D eigenvalue weighted by molar-refractivity contribution is 7.92. The van der Waals surface area contributed by atoms with E-state index in [9.17, 15) is 13.2 Å². The Balaban J connectivity index is 3.15. The van der Waals surface area contributed by atoms with Crippen molar-refractivity contribution in [3.63, 3.8) is 0 Å². The third-order valence-electron chi connectivity index (χ3n) is 2.25. The molecular weight excluding hydrogens is 260 g/mol. The van der Waals surface area contributed by atoms with Gasteiger partial charge in [0.2, 0.25) is 10.0 Å². The van der Waals surface area contributed by atoms with Gasteiger partial charge in [-0.05, 0) is 18.6 Å². The Morgan fingerprint density at radius 1 is 1.56 bits per heavy atom. The van der Waals surface area contributed by atoms with Gasteiger partial charge in [-0.3, -0.25) is 9.52 Å². The molecule has 1 atom stereocenters. The molecule has 0 aromatic carbocycles. The molecule has 1 aromatic heterocycles. The van der Waals surface area contributed by atoms with E-state index in [1.54, 1.807) is 0 Å². The maximum Gasteiger partial charge on any atom is 0.310 e. The van der Waals surface area contributed by atoms with Crippen LogP contribution in [0.15, 0.2) is 12.3 Å². The molecule has 8 heteroatoms. The molecule has 1 aromatic rings. The summed E-state index contributed by atoms with van der Waals surface area (Å²) in [7, 11) is -2.12. The maximum absolute atomic E-state index is 11.1. The summed E-state index contributed by atoms with van der Waals surface area (Å²) >= 11 is 0. The van der Waals surface area contributed by atoms with E-state index in [4.69, 9.17) is 9.84 Å². The number of hydrogen-bond acceptors (Lipinski definition) is 5. The van der Waals surface area contributed by atoms with Gasteiger partial charge in [0.1, 0.15) is 0 Å². The molecule has 100 valence electrons. The van der Waals surface area contributed by atoms with Gasteiger partial charge in [-0.1, -0.05) is 0 Å². The summed E-state index contributed by atoms with van der Waals surface area (Å²) in [5.74, 6) is -1.55. The van der Waals surface area contributed by atoms with Crippen LogP contribution < -0.4 is 9.46 Å². The number of carboxylic acid groups (broad SMARTS) is 1. The highest BCUT2D eigenvalue weighted by atomic mass is 32.2. The third-order valence-corrected chi connectivity index (χ3v) is 2.81. The predicted octanol–water partition coefficient (Wildman–Crippen LogP) is 0.650. The topological polar surface area (TPSA) is 106 Å². The number of nitrogens with zero attached hydrogens (tertiary/aromatic N) is 1. The first-order valence-electron chi connectivity index (χ1n) is 4.99. The van der Waals surface area contributed by atoms with Crippen molar-refractivity contribution in [2.75, 3.05) is 18.1 Å². The number of anilines is 1. The second-order valence-electron chi connectivity index (χ2n) is 3.75. The number of hydrogen-bond donors (Lipinski definition) is 2. The normalized spacial score (nSPS) is 12.8. The molecule has 0 unspecified atom stereocenters. The van der Waals surface area contributed by atoms with Gasteiger partial charge in [0.15, 0.2) is 11.6 Å². The Bertz CT molecular complexity index is 555. The molecule has 0 saturated carbocycles. The van der Waals surface area contributed by atoms with Gasteiger partial charge < -0.3 is 9.84 Å². The van der Waals surface area contributed by atoms with E-state index >= 15 is 0 Å². The van der Waals surface area contributed by atoms with Crippen LogP contribution in [0.2, 0.25) is 0 Å². The molecule has 0 aliphatic rings. The maximum atomic E-state index is 11.1. The summed E-state index contributed by atoms with van der Waals surface area (Å²) in [5.41, 5.74) is 0.429. The van der Waals surface area contributed by atoms with Gasteiger partial charge in [0.05, 0.1) is 19.3 Å². The van der Waals surface area contributed by atoms with Crippen molar-refractivity contribution < 1.29 is 23.1 Å². The molecular formula is C10H14N2O5S. The summed E-state index contributed by atoms with van der Waals surface area (Å²) in [6, 6.07) is 1.44. The molecule has 18 heavy (non-hydrogen) atoms. The zero-order valence-electron chi connectivity index (χ0n) is 10.2. The molecule has 1 heterocycles. The fraction of sp³-hybridized carbons (Fsp3) is 0.400. The minimum Gasteiger partial charge on any atom is -0.493 e. The van der Waals surface area contributed by atoms with Crippen LogP contribution >= 0.6 is 0 Å². The smallest absolute Gasteiger partial charge is 0.310 e. The van der Waals surface area contributed by atoms with Crippen molar-refractivity contribution >= 4 is 21.8 Å². The van der Waals surface area contributed by atoms with Crippen molar-refractivity contribution in [3.05, 3.63) is 17.8 Å². The minimum atomic E-state index is -3.47. The molecule has 2 N–H and O–H groups in total. The van der Waals surface area contributed by atoms with Gasteiger partial charge in [-0.25, -0.2) is 13.4 Å². The molecule has 0 amide bonds. The van der Waals surface area contributed by atoms with Crippen molar-refractivity contribution in [2.45, 2.75) is 12.8 Å². The Morgan fingerprint density at radius 2 is 2.17 bits per heavy atom. The number of aromatic nitrogens is 1. The number of rotatable bonds is 5. The van der Waals surface area contributed by atoms with Crippen molar-refractivity contribution in [1.82, 2.24) is 4.98 Å². The lowest BCUT2D eigenvalue weighted by molar-refractivity contribution is -0.138. The first kappa shape index (κ1) is 14.2. The quantitative estimate of drug-likeness (QED) is 0.816. The first-order chi connectivity index (χ1) is 8.24. The average molecular weight is 274 g/mol. The average Bonchev–Trinajstić information content (AvgIpc) is 2.26. The molecule has 0 aliphatic carbocycles. The Hall–Kier alpha value is -1.83. The number of carboxylic acids is 1. The summed E-state index contributed by atoms with van der Waals surface area (Å²) in [4.78, 5) is 14.7. The monoisotopic (exact) mass is 274 g/mol. The minimum absolute atomic E-state index is 0.0290. The molecule has 7 nitrogen and oxygen atoms in total. The van der Waals surface area contributed by atoms with Crippen LogP contribution in [-0.4, -0.2) is 37.8 Å². The summed E-state index contributed by atoms with van der Waals surface area (Å²) in [6.45, 7) is 1.50. The van der Waals surface area contributed by atoms with Crippen LogP contribution in [0.4, 0.5) is 5.82 Å². The number of sulfonamides is 1. The Kier molecular flexibility index (Phi) is 4.12. The van der Waals surface area contributed by atoms with Crippen molar-refractivity contribution in [3.8, 4) is 5.75 Å². The number of ether oxygens (including phenoxy) is 1. The summed E-state index contributed by atoms with van der Waals surface area (Å²) in [5, 5.41) is 8.87. The molecule has 0 spiro atoms. The zero-order valence-corrected chi connectivity index (χ0v) is 11.0. The number of carbonyl (C=O) groups is 1. The SMILES string of the molecule is COc1cc([C@H](C)C(=O)O)cnc1NS(C)(=O)=O. The van der Waals surface area contributed by atoms with Crippen molar-refractivity contribution in [1.29, 1.82) is 0 Å². The molecule has 0 bridgehead atoms. The first-order valence-corrected chi connectivity index (χ1v) is 6.88. The highest BCUT2D eigenvalue weighted by Gasteiger charge is 2.17. The second kappa shape index (κ2) is 5.21. The number of pyridine rings is 1. The van der Waals surface area contributed by atoms with Gasteiger partial charge in [-0.2, -0.15) is 0 Å². The predicted molar refractivity (Wildman–Crippen MR) is 65.3 cm³/mol. The number of methoxy groups -OCH3 is 1. The van der Waals surface area contributed by atoms with Crippen LogP contribution in [0.5, 0.6) is 5.75 Å². The Morgan fingerprint density at radius 3 is 2.61 bits per heavy atom. The van der Waals surface area contributed by atoms with E-state index in [1.165, 1.54) is 26.3 Å². The highest BCUT2D eigenvalue weighted by Crippen LogP contribution is 2.27. The van der Waals surface area contributed by atoms with Gasteiger partial charge in [0, 0.05) is 6.20 Å². The van der Waals surface area contributed by atoms with Crippen LogP contribution in [0, 0.1) is 0 Å². The van der Waals surface area contributed by atoms with E-state index in [0.717, 1.165) is 6.26 Å². The van der Waals surface area contributed by atoms with E-state index in [1.807, 2.05) is 0 Å².